The Hall–Kier alpha value is -3.86. The molecule has 0 aliphatic carbocycles. The fourth-order valence-corrected chi connectivity index (χ4v) is 6.57. The molecule has 2 saturated heterocycles. The van der Waals surface area contributed by atoms with Crippen molar-refractivity contribution in [1.82, 2.24) is 30.0 Å². The number of hydrogen-bond donors (Lipinski definition) is 2. The number of nitrogens with zero attached hydrogens (tertiary/aromatic N) is 5. The van der Waals surface area contributed by atoms with Crippen LogP contribution in [0.3, 0.4) is 0 Å². The first kappa shape index (κ1) is 24.5. The molecule has 0 saturated carbocycles. The van der Waals surface area contributed by atoms with Gasteiger partial charge >= 0.3 is 11.8 Å². The van der Waals surface area contributed by atoms with E-state index in [0.29, 0.717) is 24.2 Å². The summed E-state index contributed by atoms with van der Waals surface area (Å²) in [6.45, 7) is 3.35. The number of pyridine rings is 1. The summed E-state index contributed by atoms with van der Waals surface area (Å²) in [6, 6.07) is 5.91. The topological polar surface area (TPSA) is 124 Å². The number of thiazole rings is 1. The molecule has 3 amide bonds. The molecule has 0 bridgehead atoms. The van der Waals surface area contributed by atoms with Crippen LogP contribution in [-0.4, -0.2) is 67.8 Å². The molecule has 0 radical (unpaired) electrons. The summed E-state index contributed by atoms with van der Waals surface area (Å²) < 4.78 is 1.06. The van der Waals surface area contributed by atoms with Gasteiger partial charge in [0, 0.05) is 44.1 Å². The van der Waals surface area contributed by atoms with Crippen LogP contribution in [0, 0.1) is 5.92 Å². The smallest absolute Gasteiger partial charge is 0.314 e. The Morgan fingerprint density at radius 1 is 1.16 bits per heavy atom. The van der Waals surface area contributed by atoms with Crippen molar-refractivity contribution in [2.24, 2.45) is 5.92 Å². The number of anilines is 1. The highest BCUT2D eigenvalue weighted by Gasteiger charge is 2.35. The van der Waals surface area contributed by atoms with Crippen molar-refractivity contribution < 1.29 is 14.4 Å². The second-order valence-electron chi connectivity index (χ2n) is 10.4. The van der Waals surface area contributed by atoms with Crippen LogP contribution in [0.1, 0.15) is 55.1 Å². The standard InChI is InChI=1S/C27H29N7O3S/c1-15-3-5-21(34(14-15)27(37)25(36)30-20-13-28-11-18-12-29-32-24(18)20)16-4-6-22-19(9-16)31-26(38-22)17-7-8-33(2)23(35)10-17/h4,6,9,11-13,15,17,21H,3,5,7-8,10,14H2,1-2H3,(H,29,32)(H,30,36)/t15-,17-,21+/m0/s1. The molecule has 2 aliphatic rings. The largest absolute Gasteiger partial charge is 0.346 e. The minimum absolute atomic E-state index is 0.144. The van der Waals surface area contributed by atoms with Crippen LogP contribution in [0.15, 0.2) is 36.8 Å². The van der Waals surface area contributed by atoms with E-state index in [9.17, 15) is 14.4 Å². The van der Waals surface area contributed by atoms with Crippen molar-refractivity contribution in [1.29, 1.82) is 0 Å². The lowest BCUT2D eigenvalue weighted by atomic mass is 9.89. The summed E-state index contributed by atoms with van der Waals surface area (Å²) >= 11 is 1.64. The number of benzene rings is 1. The number of amides is 3. The third-order valence-corrected chi connectivity index (χ3v) is 8.90. The number of fused-ring (bicyclic) bond motifs is 2. The monoisotopic (exact) mass is 531 g/mol. The van der Waals surface area contributed by atoms with E-state index in [0.717, 1.165) is 52.0 Å². The number of aromatic nitrogens is 4. The predicted octanol–water partition coefficient (Wildman–Crippen LogP) is 3.84. The highest BCUT2D eigenvalue weighted by molar-refractivity contribution is 7.18. The zero-order valence-corrected chi connectivity index (χ0v) is 22.1. The Balaban J connectivity index is 1.24. The summed E-state index contributed by atoms with van der Waals surface area (Å²) in [6.07, 6.45) is 7.90. The zero-order valence-electron chi connectivity index (χ0n) is 21.3. The third kappa shape index (κ3) is 4.51. The van der Waals surface area contributed by atoms with Gasteiger partial charge in [-0.25, -0.2) is 4.98 Å². The van der Waals surface area contributed by atoms with Crippen LogP contribution in [0.5, 0.6) is 0 Å². The molecular formula is C27H29N7O3S. The Labute approximate surface area is 223 Å². The van der Waals surface area contributed by atoms with E-state index in [1.54, 1.807) is 33.5 Å². The first-order valence-corrected chi connectivity index (χ1v) is 13.7. The SMILES string of the molecule is C[C@H]1CC[C@H](c2ccc3sc([C@H]4CCN(C)C(=O)C4)nc3c2)N(C(=O)C(=O)Nc2cncc3cn[nH]c23)C1. The van der Waals surface area contributed by atoms with Gasteiger partial charge in [0.15, 0.2) is 0 Å². The molecule has 38 heavy (non-hydrogen) atoms. The minimum atomic E-state index is -0.697. The van der Waals surface area contributed by atoms with Crippen molar-refractivity contribution >= 4 is 55.9 Å². The number of rotatable bonds is 3. The molecule has 1 aromatic carbocycles. The van der Waals surface area contributed by atoms with Crippen LogP contribution in [0.25, 0.3) is 21.1 Å². The van der Waals surface area contributed by atoms with Gasteiger partial charge in [-0.2, -0.15) is 5.10 Å². The second-order valence-corrected chi connectivity index (χ2v) is 11.5. The lowest BCUT2D eigenvalue weighted by Crippen LogP contribution is -2.46. The normalized spacial score (nSPS) is 22.3. The number of hydrogen-bond acceptors (Lipinski definition) is 7. The van der Waals surface area contributed by atoms with Gasteiger partial charge in [0.2, 0.25) is 5.91 Å². The Kier molecular flexibility index (Phi) is 6.30. The maximum absolute atomic E-state index is 13.5. The number of likely N-dealkylation sites (tertiary alicyclic amines) is 2. The van der Waals surface area contributed by atoms with E-state index >= 15 is 0 Å². The van der Waals surface area contributed by atoms with E-state index in [1.807, 2.05) is 25.2 Å². The zero-order chi connectivity index (χ0) is 26.4. The number of aromatic amines is 1. The molecule has 196 valence electrons. The van der Waals surface area contributed by atoms with Crippen LogP contribution in [0.4, 0.5) is 5.69 Å². The molecular weight excluding hydrogens is 502 g/mol. The van der Waals surface area contributed by atoms with Crippen molar-refractivity contribution in [2.45, 2.75) is 44.6 Å². The van der Waals surface area contributed by atoms with Gasteiger partial charge in [0.1, 0.15) is 0 Å². The molecule has 2 aliphatic heterocycles. The van der Waals surface area contributed by atoms with Gasteiger partial charge in [0.05, 0.1) is 44.9 Å². The summed E-state index contributed by atoms with van der Waals surface area (Å²) in [4.78, 5) is 51.3. The quantitative estimate of drug-likeness (QED) is 0.387. The van der Waals surface area contributed by atoms with Crippen LogP contribution < -0.4 is 5.32 Å². The second kappa shape index (κ2) is 9.79. The summed E-state index contributed by atoms with van der Waals surface area (Å²) in [5.74, 6) is -0.675. The van der Waals surface area contributed by atoms with Crippen LogP contribution in [0.2, 0.25) is 0 Å². The number of piperidine rings is 2. The highest BCUT2D eigenvalue weighted by atomic mass is 32.1. The summed E-state index contributed by atoms with van der Waals surface area (Å²) in [5.41, 5.74) is 2.89. The molecule has 5 heterocycles. The van der Waals surface area contributed by atoms with Gasteiger partial charge in [-0.05, 0) is 42.9 Å². The number of H-pyrrole nitrogens is 1. The van der Waals surface area contributed by atoms with E-state index in [2.05, 4.69) is 27.4 Å². The lowest BCUT2D eigenvalue weighted by Gasteiger charge is -2.38. The number of carbonyl (C=O) groups is 3. The summed E-state index contributed by atoms with van der Waals surface area (Å²) in [7, 11) is 1.84. The number of nitrogens with one attached hydrogen (secondary N) is 2. The Bertz CT molecular complexity index is 1550. The molecule has 6 rings (SSSR count). The Morgan fingerprint density at radius 3 is 2.87 bits per heavy atom. The molecule has 4 aromatic rings. The van der Waals surface area contributed by atoms with Crippen molar-refractivity contribution in [3.05, 3.63) is 47.4 Å². The molecule has 0 spiro atoms. The van der Waals surface area contributed by atoms with Crippen molar-refractivity contribution in [3.8, 4) is 0 Å². The van der Waals surface area contributed by atoms with Gasteiger partial charge < -0.3 is 15.1 Å². The van der Waals surface area contributed by atoms with Gasteiger partial charge in [-0.3, -0.25) is 24.5 Å². The molecule has 11 heteroatoms. The van der Waals surface area contributed by atoms with Crippen molar-refractivity contribution in [2.75, 3.05) is 25.5 Å². The van der Waals surface area contributed by atoms with E-state index in [4.69, 9.17) is 4.98 Å². The van der Waals surface area contributed by atoms with Gasteiger partial charge in [-0.1, -0.05) is 13.0 Å². The predicted molar refractivity (Wildman–Crippen MR) is 145 cm³/mol. The van der Waals surface area contributed by atoms with Crippen LogP contribution >= 0.6 is 11.3 Å². The molecule has 3 atom stereocenters. The molecule has 2 N–H and O–H groups in total. The molecule has 10 nitrogen and oxygen atoms in total. The first-order chi connectivity index (χ1) is 18.4. The molecule has 2 fully saturated rings. The van der Waals surface area contributed by atoms with Crippen LogP contribution in [-0.2, 0) is 14.4 Å². The summed E-state index contributed by atoms with van der Waals surface area (Å²) in [5, 5.41) is 11.3. The average Bonchev–Trinajstić information content (AvgIpc) is 3.57. The Morgan fingerprint density at radius 2 is 2.03 bits per heavy atom. The maximum Gasteiger partial charge on any atom is 0.314 e. The van der Waals surface area contributed by atoms with E-state index in [-0.39, 0.29) is 23.8 Å². The first-order valence-electron chi connectivity index (χ1n) is 12.9. The van der Waals surface area contributed by atoms with Gasteiger partial charge in [0.25, 0.3) is 0 Å². The third-order valence-electron chi connectivity index (χ3n) is 7.70. The molecule has 0 unspecified atom stereocenters. The highest BCUT2D eigenvalue weighted by Crippen LogP contribution is 2.38. The van der Waals surface area contributed by atoms with Crippen molar-refractivity contribution in [3.63, 3.8) is 0 Å². The van der Waals surface area contributed by atoms with E-state index in [1.165, 1.54) is 6.20 Å². The average molecular weight is 532 g/mol. The fraction of sp³-hybridized carbons (Fsp3) is 0.407. The van der Waals surface area contributed by atoms with Gasteiger partial charge in [-0.15, -0.1) is 11.3 Å². The van der Waals surface area contributed by atoms with E-state index < -0.39 is 11.8 Å². The fourth-order valence-electron chi connectivity index (χ4n) is 5.49. The lowest BCUT2D eigenvalue weighted by molar-refractivity contribution is -0.146. The maximum atomic E-state index is 13.5. The minimum Gasteiger partial charge on any atom is -0.346 e. The number of carbonyl (C=O) groups excluding carboxylic acids is 3. The molecule has 3 aromatic heterocycles.